The molecule has 3 saturated carbocycles. The largest absolute Gasteiger partial charge is 0.386 e. The Labute approximate surface area is 202 Å². The van der Waals surface area contributed by atoms with Crippen molar-refractivity contribution in [2.75, 3.05) is 0 Å². The fraction of sp³-hybridized carbons (Fsp3) is 0.893. The van der Waals surface area contributed by atoms with E-state index < -0.39 is 22.9 Å². The highest BCUT2D eigenvalue weighted by molar-refractivity contribution is 5.97. The van der Waals surface area contributed by atoms with Crippen molar-refractivity contribution in [1.82, 2.24) is 0 Å². The molecule has 7 rings (SSSR count). The van der Waals surface area contributed by atoms with Gasteiger partial charge >= 0.3 is 0 Å². The van der Waals surface area contributed by atoms with Gasteiger partial charge in [0.2, 0.25) is 0 Å². The number of carbonyl (C=O) groups excluding carboxylic acids is 1. The molecule has 0 aromatic carbocycles. The Morgan fingerprint density at radius 3 is 2.59 bits per heavy atom. The fourth-order valence-corrected chi connectivity index (χ4v) is 10.2. The number of epoxide rings is 2. The molecule has 34 heavy (non-hydrogen) atoms. The van der Waals surface area contributed by atoms with Gasteiger partial charge in [0.15, 0.2) is 12.1 Å². The van der Waals surface area contributed by atoms with Gasteiger partial charge in [-0.05, 0) is 94.0 Å². The second-order valence-corrected chi connectivity index (χ2v) is 13.7. The van der Waals surface area contributed by atoms with E-state index >= 15 is 0 Å². The lowest BCUT2D eigenvalue weighted by Gasteiger charge is -2.60. The van der Waals surface area contributed by atoms with Crippen molar-refractivity contribution in [3.05, 3.63) is 12.2 Å². The summed E-state index contributed by atoms with van der Waals surface area (Å²) in [6.07, 6.45) is 8.17. The molecule has 6 nitrogen and oxygen atoms in total. The molecule has 4 aliphatic carbocycles. The number of ether oxygens (including phenoxy) is 3. The molecule has 0 unspecified atom stereocenters. The molecule has 0 radical (unpaired) electrons. The summed E-state index contributed by atoms with van der Waals surface area (Å²) < 4.78 is 18.4. The van der Waals surface area contributed by atoms with Crippen LogP contribution in [0, 0.1) is 40.4 Å². The molecule has 6 fully saturated rings. The van der Waals surface area contributed by atoms with Crippen molar-refractivity contribution in [3.63, 3.8) is 0 Å². The van der Waals surface area contributed by atoms with E-state index in [2.05, 4.69) is 20.8 Å². The average Bonchev–Trinajstić information content (AvgIpc) is 3.64. The fourth-order valence-electron chi connectivity index (χ4n) is 10.2. The maximum Gasteiger partial charge on any atom is 0.186 e. The second-order valence-electron chi connectivity index (χ2n) is 13.7. The minimum absolute atomic E-state index is 0.0159. The number of rotatable bonds is 2. The summed E-state index contributed by atoms with van der Waals surface area (Å²) in [4.78, 5) is 13.3. The first-order chi connectivity index (χ1) is 15.9. The maximum absolute atomic E-state index is 13.3. The van der Waals surface area contributed by atoms with Crippen LogP contribution in [-0.4, -0.2) is 57.4 Å². The van der Waals surface area contributed by atoms with E-state index in [1.54, 1.807) is 6.08 Å². The topological polar surface area (TPSA) is 91.8 Å². The third-order valence-electron chi connectivity index (χ3n) is 12.7. The van der Waals surface area contributed by atoms with Crippen molar-refractivity contribution in [3.8, 4) is 0 Å². The molecule has 14 atom stereocenters. The number of ketones is 1. The average molecular weight is 473 g/mol. The van der Waals surface area contributed by atoms with Gasteiger partial charge in [-0.15, -0.1) is 0 Å². The van der Waals surface area contributed by atoms with E-state index in [4.69, 9.17) is 14.2 Å². The molecule has 0 amide bonds. The summed E-state index contributed by atoms with van der Waals surface area (Å²) in [6, 6.07) is 0. The highest BCUT2D eigenvalue weighted by atomic mass is 16.7. The lowest BCUT2D eigenvalue weighted by molar-refractivity contribution is -0.205. The zero-order valence-corrected chi connectivity index (χ0v) is 21.1. The number of hydrogen-bond donors (Lipinski definition) is 2. The van der Waals surface area contributed by atoms with Crippen LogP contribution in [0.2, 0.25) is 0 Å². The molecule has 0 spiro atoms. The summed E-state index contributed by atoms with van der Waals surface area (Å²) in [5, 5.41) is 22.4. The van der Waals surface area contributed by atoms with Crippen LogP contribution in [0.15, 0.2) is 12.2 Å². The molecular weight excluding hydrogens is 432 g/mol. The van der Waals surface area contributed by atoms with Crippen LogP contribution >= 0.6 is 0 Å². The molecule has 3 aliphatic heterocycles. The highest BCUT2D eigenvalue weighted by Crippen LogP contribution is 2.72. The van der Waals surface area contributed by atoms with Crippen LogP contribution in [0.5, 0.6) is 0 Å². The number of carbonyl (C=O) groups is 1. The number of fused-ring (bicyclic) bond motifs is 9. The maximum atomic E-state index is 13.3. The minimum Gasteiger partial charge on any atom is -0.386 e. The summed E-state index contributed by atoms with van der Waals surface area (Å²) in [5.74, 6) is 1.88. The summed E-state index contributed by atoms with van der Waals surface area (Å²) in [7, 11) is 0. The molecule has 2 N–H and O–H groups in total. The third-order valence-corrected chi connectivity index (χ3v) is 12.7. The highest BCUT2D eigenvalue weighted by Gasteiger charge is 2.78. The Kier molecular flexibility index (Phi) is 4.20. The Balaban J connectivity index is 1.18. The predicted molar refractivity (Wildman–Crippen MR) is 124 cm³/mol. The van der Waals surface area contributed by atoms with Gasteiger partial charge in [-0.25, -0.2) is 0 Å². The first-order valence-electron chi connectivity index (χ1n) is 13.5. The Morgan fingerprint density at radius 2 is 1.85 bits per heavy atom. The van der Waals surface area contributed by atoms with Crippen LogP contribution in [0.25, 0.3) is 0 Å². The van der Waals surface area contributed by atoms with E-state index in [0.717, 1.165) is 32.1 Å². The van der Waals surface area contributed by atoms with Crippen LogP contribution in [-0.2, 0) is 19.0 Å². The molecule has 7 aliphatic rings. The third kappa shape index (κ3) is 2.35. The van der Waals surface area contributed by atoms with Crippen molar-refractivity contribution < 1.29 is 29.2 Å². The van der Waals surface area contributed by atoms with E-state index in [9.17, 15) is 15.0 Å². The lowest BCUT2D eigenvalue weighted by atomic mass is 9.43. The van der Waals surface area contributed by atoms with Crippen molar-refractivity contribution in [1.29, 1.82) is 0 Å². The smallest absolute Gasteiger partial charge is 0.186 e. The van der Waals surface area contributed by atoms with E-state index in [1.807, 2.05) is 19.9 Å². The van der Waals surface area contributed by atoms with Crippen molar-refractivity contribution in [2.45, 2.75) is 115 Å². The van der Waals surface area contributed by atoms with Crippen molar-refractivity contribution >= 4 is 5.78 Å². The monoisotopic (exact) mass is 472 g/mol. The normalized spacial score (nSPS) is 64.3. The first-order valence-corrected chi connectivity index (χ1v) is 13.5. The SMILES string of the molecule is C[C@H]([C@@H]1C[C@]2(C)O[C@]2(C)[C@H](O)O1)[C@H]1CC[C@H]2[C@@H]3[C@@H]4O[C@@H]4[C@@]4(O)CC=CC(=O)[C@]4(C)[C@H]3CC[C@]12C. The van der Waals surface area contributed by atoms with Crippen LogP contribution in [0.1, 0.15) is 73.1 Å². The molecule has 6 heteroatoms. The van der Waals surface area contributed by atoms with Gasteiger partial charge in [0, 0.05) is 6.42 Å². The first kappa shape index (κ1) is 22.4. The summed E-state index contributed by atoms with van der Waals surface area (Å²) >= 11 is 0. The second kappa shape index (κ2) is 6.36. The Hall–Kier alpha value is -0.790. The van der Waals surface area contributed by atoms with Gasteiger partial charge in [0.1, 0.15) is 22.9 Å². The number of hydrogen-bond acceptors (Lipinski definition) is 6. The zero-order chi connectivity index (χ0) is 24.1. The number of allylic oxidation sites excluding steroid dienone is 1. The molecule has 0 bridgehead atoms. The van der Waals surface area contributed by atoms with E-state index in [0.29, 0.717) is 30.1 Å². The summed E-state index contributed by atoms with van der Waals surface area (Å²) in [5.41, 5.74) is -2.55. The lowest BCUT2D eigenvalue weighted by Crippen LogP contribution is -2.67. The predicted octanol–water partition coefficient (Wildman–Crippen LogP) is 3.38. The standard InChI is InChI=1S/C28H40O6/c1-14(18-13-25(3)27(5,34-25)23(30)32-18)15-8-9-16-20-17(10-12-24(15,16)2)26(4)19(29)7-6-11-28(26,31)22-21(20)33-22/h6-7,14-18,20-23,30-31H,8-13H2,1-5H3/t14-,15+,16-,17-,18-,20-,21-,22-,23+,24+,25-,26-,27+,28-/m0/s1. The van der Waals surface area contributed by atoms with Gasteiger partial charge < -0.3 is 24.4 Å². The minimum atomic E-state index is -1.07. The molecule has 3 heterocycles. The van der Waals surface area contributed by atoms with Gasteiger partial charge in [-0.3, -0.25) is 4.79 Å². The molecule has 3 saturated heterocycles. The quantitative estimate of drug-likeness (QED) is 0.599. The molecule has 188 valence electrons. The number of aliphatic hydroxyl groups excluding tert-OH is 1. The van der Waals surface area contributed by atoms with Crippen LogP contribution < -0.4 is 0 Å². The van der Waals surface area contributed by atoms with E-state index in [-0.39, 0.29) is 41.0 Å². The van der Waals surface area contributed by atoms with E-state index in [1.165, 1.54) is 0 Å². The molecule has 0 aromatic heterocycles. The van der Waals surface area contributed by atoms with Gasteiger partial charge in [0.05, 0.1) is 17.6 Å². The van der Waals surface area contributed by atoms with Crippen molar-refractivity contribution in [2.24, 2.45) is 40.4 Å². The number of aliphatic hydroxyl groups is 2. The van der Waals surface area contributed by atoms with Crippen LogP contribution in [0.3, 0.4) is 0 Å². The molecular formula is C28H40O6. The van der Waals surface area contributed by atoms with Gasteiger partial charge in [-0.2, -0.15) is 0 Å². The Morgan fingerprint density at radius 1 is 1.09 bits per heavy atom. The Bertz CT molecular complexity index is 980. The zero-order valence-electron chi connectivity index (χ0n) is 21.1. The summed E-state index contributed by atoms with van der Waals surface area (Å²) in [6.45, 7) is 10.8. The van der Waals surface area contributed by atoms with Crippen LogP contribution in [0.4, 0.5) is 0 Å². The molecule has 0 aromatic rings. The van der Waals surface area contributed by atoms with Gasteiger partial charge in [0.25, 0.3) is 0 Å². The van der Waals surface area contributed by atoms with Gasteiger partial charge in [-0.1, -0.05) is 19.9 Å².